The molecule has 1 aromatic rings. The van der Waals surface area contributed by atoms with Crippen LogP contribution < -0.4 is 0 Å². The highest BCUT2D eigenvalue weighted by Crippen LogP contribution is 2.18. The normalized spacial score (nSPS) is 10.1. The van der Waals surface area contributed by atoms with Crippen molar-refractivity contribution in [2.24, 2.45) is 0 Å². The lowest BCUT2D eigenvalue weighted by Gasteiger charge is -2.05. The van der Waals surface area contributed by atoms with Gasteiger partial charge in [-0.1, -0.05) is 13.0 Å². The highest BCUT2D eigenvalue weighted by Gasteiger charge is 2.13. The Balaban J connectivity index is 2.95. The Morgan fingerprint density at radius 2 is 2.00 bits per heavy atom. The second-order valence-corrected chi connectivity index (χ2v) is 3.61. The van der Waals surface area contributed by atoms with Crippen LogP contribution in [0.5, 0.6) is 5.75 Å². The van der Waals surface area contributed by atoms with Crippen LogP contribution >= 0.6 is 0 Å². The van der Waals surface area contributed by atoms with Crippen LogP contribution in [-0.2, 0) is 11.2 Å². The maximum Gasteiger partial charge on any atom is 0.336 e. The number of ketones is 1. The molecule has 0 saturated heterocycles. The number of carbonyl (C=O) groups excluding carboxylic acids is 1. The number of carboxylic acids is 1. The minimum absolute atomic E-state index is 0.00977. The van der Waals surface area contributed by atoms with Crippen molar-refractivity contribution in [2.75, 3.05) is 0 Å². The van der Waals surface area contributed by atoms with Crippen molar-refractivity contribution in [2.45, 2.75) is 26.2 Å². The van der Waals surface area contributed by atoms with Crippen LogP contribution in [0.25, 0.3) is 0 Å². The average molecular weight is 222 g/mol. The molecule has 0 amide bonds. The van der Waals surface area contributed by atoms with E-state index in [0.717, 1.165) is 12.5 Å². The Morgan fingerprint density at radius 1 is 1.31 bits per heavy atom. The van der Waals surface area contributed by atoms with Crippen molar-refractivity contribution in [1.29, 1.82) is 0 Å². The largest absolute Gasteiger partial charge is 0.508 e. The second kappa shape index (κ2) is 5.30. The van der Waals surface area contributed by atoms with E-state index in [4.69, 9.17) is 5.11 Å². The van der Waals surface area contributed by atoms with E-state index in [-0.39, 0.29) is 23.5 Å². The highest BCUT2D eigenvalue weighted by atomic mass is 16.4. The van der Waals surface area contributed by atoms with E-state index in [1.807, 2.05) is 6.92 Å². The molecule has 1 aromatic carbocycles. The minimum Gasteiger partial charge on any atom is -0.508 e. The van der Waals surface area contributed by atoms with Gasteiger partial charge in [0, 0.05) is 12.8 Å². The molecular formula is C12H14O4. The van der Waals surface area contributed by atoms with E-state index in [2.05, 4.69) is 0 Å². The number of carboxylic acid groups (broad SMARTS) is 1. The Morgan fingerprint density at radius 3 is 2.56 bits per heavy atom. The van der Waals surface area contributed by atoms with Crippen molar-refractivity contribution >= 4 is 11.8 Å². The first-order valence-corrected chi connectivity index (χ1v) is 5.11. The van der Waals surface area contributed by atoms with Crippen LogP contribution in [0.2, 0.25) is 0 Å². The molecule has 0 spiro atoms. The topological polar surface area (TPSA) is 74.6 Å². The standard InChI is InChI=1S/C12H14O4/c1-2-3-9(13)6-8-4-5-10(14)7-11(8)12(15)16/h4-5,7,14H,2-3,6H2,1H3,(H,15,16). The molecular weight excluding hydrogens is 208 g/mol. The van der Waals surface area contributed by atoms with Crippen molar-refractivity contribution in [3.63, 3.8) is 0 Å². The summed E-state index contributed by atoms with van der Waals surface area (Å²) >= 11 is 0. The zero-order valence-corrected chi connectivity index (χ0v) is 9.06. The van der Waals surface area contributed by atoms with Crippen molar-refractivity contribution in [1.82, 2.24) is 0 Å². The van der Waals surface area contributed by atoms with E-state index in [9.17, 15) is 14.7 Å². The summed E-state index contributed by atoms with van der Waals surface area (Å²) in [5, 5.41) is 18.1. The van der Waals surface area contributed by atoms with E-state index in [1.54, 1.807) is 0 Å². The maximum absolute atomic E-state index is 11.4. The first-order chi connectivity index (χ1) is 7.54. The van der Waals surface area contributed by atoms with Gasteiger partial charge in [0.25, 0.3) is 0 Å². The summed E-state index contributed by atoms with van der Waals surface area (Å²) in [6.07, 6.45) is 1.30. The van der Waals surface area contributed by atoms with Crippen molar-refractivity contribution in [3.8, 4) is 5.75 Å². The summed E-state index contributed by atoms with van der Waals surface area (Å²) in [6.45, 7) is 1.90. The van der Waals surface area contributed by atoms with Gasteiger partial charge in [0.1, 0.15) is 11.5 Å². The quantitative estimate of drug-likeness (QED) is 0.799. The van der Waals surface area contributed by atoms with Gasteiger partial charge in [0.2, 0.25) is 0 Å². The molecule has 0 bridgehead atoms. The van der Waals surface area contributed by atoms with Crippen molar-refractivity contribution in [3.05, 3.63) is 29.3 Å². The molecule has 0 aliphatic heterocycles. The number of hydrogen-bond acceptors (Lipinski definition) is 3. The zero-order valence-electron chi connectivity index (χ0n) is 9.06. The second-order valence-electron chi connectivity index (χ2n) is 3.61. The van der Waals surface area contributed by atoms with Crippen molar-refractivity contribution < 1.29 is 19.8 Å². The molecule has 0 saturated carbocycles. The summed E-state index contributed by atoms with van der Waals surface area (Å²) in [7, 11) is 0. The summed E-state index contributed by atoms with van der Waals surface area (Å²) in [4.78, 5) is 22.3. The Hall–Kier alpha value is -1.84. The molecule has 4 nitrogen and oxygen atoms in total. The third kappa shape index (κ3) is 3.08. The van der Waals surface area contributed by atoms with Crippen LogP contribution in [0.3, 0.4) is 0 Å². The molecule has 4 heteroatoms. The zero-order chi connectivity index (χ0) is 12.1. The third-order valence-electron chi connectivity index (χ3n) is 2.24. The van der Waals surface area contributed by atoms with Gasteiger partial charge in [0.15, 0.2) is 0 Å². The number of hydrogen-bond donors (Lipinski definition) is 2. The minimum atomic E-state index is -1.13. The van der Waals surface area contributed by atoms with E-state index in [1.165, 1.54) is 12.1 Å². The van der Waals surface area contributed by atoms with Crippen LogP contribution in [0.15, 0.2) is 18.2 Å². The van der Waals surface area contributed by atoms with Gasteiger partial charge in [-0.25, -0.2) is 4.79 Å². The lowest BCUT2D eigenvalue weighted by molar-refractivity contribution is -0.118. The molecule has 0 atom stereocenters. The first-order valence-electron chi connectivity index (χ1n) is 5.11. The fourth-order valence-corrected chi connectivity index (χ4v) is 1.50. The average Bonchev–Trinajstić information content (AvgIpc) is 2.20. The number of aromatic carboxylic acids is 1. The monoisotopic (exact) mass is 222 g/mol. The molecule has 0 aromatic heterocycles. The SMILES string of the molecule is CCCC(=O)Cc1ccc(O)cc1C(=O)O. The number of Topliss-reactive ketones (excluding diaryl/α,β-unsaturated/α-hetero) is 1. The third-order valence-corrected chi connectivity index (χ3v) is 2.24. The number of phenolic OH excluding ortho intramolecular Hbond substituents is 1. The number of aromatic hydroxyl groups is 1. The predicted octanol–water partition coefficient (Wildman–Crippen LogP) is 2.00. The summed E-state index contributed by atoms with van der Waals surface area (Å²) in [5.41, 5.74) is 0.438. The Bertz CT molecular complexity index is 409. The summed E-state index contributed by atoms with van der Waals surface area (Å²) < 4.78 is 0. The van der Waals surface area contributed by atoms with Crippen LogP contribution in [0.1, 0.15) is 35.7 Å². The molecule has 16 heavy (non-hydrogen) atoms. The highest BCUT2D eigenvalue weighted by molar-refractivity contribution is 5.92. The van der Waals surface area contributed by atoms with Crippen LogP contribution in [-0.4, -0.2) is 22.0 Å². The molecule has 2 N–H and O–H groups in total. The molecule has 86 valence electrons. The Labute approximate surface area is 93.5 Å². The van der Waals surface area contributed by atoms with Crippen LogP contribution in [0, 0.1) is 0 Å². The molecule has 0 unspecified atom stereocenters. The summed E-state index contributed by atoms with van der Waals surface area (Å²) in [6, 6.07) is 4.03. The first kappa shape index (κ1) is 12.2. The van der Waals surface area contributed by atoms with E-state index in [0.29, 0.717) is 12.0 Å². The van der Waals surface area contributed by atoms with Gasteiger partial charge in [0.05, 0.1) is 5.56 Å². The van der Waals surface area contributed by atoms with Gasteiger partial charge in [-0.2, -0.15) is 0 Å². The Kier molecular flexibility index (Phi) is 4.05. The predicted molar refractivity (Wildman–Crippen MR) is 58.7 cm³/mol. The molecule has 0 aliphatic carbocycles. The smallest absolute Gasteiger partial charge is 0.336 e. The fraction of sp³-hybridized carbons (Fsp3) is 0.333. The van der Waals surface area contributed by atoms with Gasteiger partial charge in [-0.05, 0) is 24.1 Å². The molecule has 1 rings (SSSR count). The van der Waals surface area contributed by atoms with E-state index < -0.39 is 5.97 Å². The molecule has 0 heterocycles. The molecule has 0 radical (unpaired) electrons. The molecule has 0 fully saturated rings. The summed E-state index contributed by atoms with van der Waals surface area (Å²) in [5.74, 6) is -1.23. The van der Waals surface area contributed by atoms with Gasteiger partial charge in [-0.3, -0.25) is 4.79 Å². The lowest BCUT2D eigenvalue weighted by Crippen LogP contribution is -2.08. The van der Waals surface area contributed by atoms with Gasteiger partial charge in [-0.15, -0.1) is 0 Å². The van der Waals surface area contributed by atoms with E-state index >= 15 is 0 Å². The number of benzene rings is 1. The maximum atomic E-state index is 11.4. The lowest BCUT2D eigenvalue weighted by atomic mass is 10.0. The van der Waals surface area contributed by atoms with Gasteiger partial charge < -0.3 is 10.2 Å². The number of rotatable bonds is 5. The van der Waals surface area contributed by atoms with Gasteiger partial charge >= 0.3 is 5.97 Å². The number of phenols is 1. The number of carbonyl (C=O) groups is 2. The molecule has 0 aliphatic rings. The van der Waals surface area contributed by atoms with Crippen LogP contribution in [0.4, 0.5) is 0 Å². The fourth-order valence-electron chi connectivity index (χ4n) is 1.50.